The van der Waals surface area contributed by atoms with Gasteiger partial charge in [0, 0.05) is 6.04 Å². The molecule has 0 fully saturated rings. The van der Waals surface area contributed by atoms with Crippen LogP contribution in [0.2, 0.25) is 0 Å². The minimum absolute atomic E-state index is 0.295. The summed E-state index contributed by atoms with van der Waals surface area (Å²) in [5.41, 5.74) is 0. The van der Waals surface area contributed by atoms with Gasteiger partial charge in [0.25, 0.3) is 0 Å². The Labute approximate surface area is 102 Å². The van der Waals surface area contributed by atoms with Crippen LogP contribution in [0.1, 0.15) is 64.7 Å². The Bertz CT molecular complexity index is 137. The van der Waals surface area contributed by atoms with Crippen molar-refractivity contribution in [2.75, 3.05) is 20.7 Å². The van der Waals surface area contributed by atoms with Crippen molar-refractivity contribution >= 4 is 0 Å². The summed E-state index contributed by atoms with van der Waals surface area (Å²) in [6, 6.07) is 0.361. The van der Waals surface area contributed by atoms with Gasteiger partial charge in [-0.1, -0.05) is 58.3 Å². The summed E-state index contributed by atoms with van der Waals surface area (Å²) >= 11 is 0. The van der Waals surface area contributed by atoms with Crippen LogP contribution in [-0.4, -0.2) is 36.8 Å². The SMILES string of the molecule is CCCCCCCCCCC(CO)N(C)C. The van der Waals surface area contributed by atoms with Crippen molar-refractivity contribution in [3.8, 4) is 0 Å². The zero-order valence-electron chi connectivity index (χ0n) is 11.5. The lowest BCUT2D eigenvalue weighted by molar-refractivity contribution is 0.159. The van der Waals surface area contributed by atoms with Crippen LogP contribution in [0.4, 0.5) is 0 Å². The Morgan fingerprint density at radius 1 is 0.875 bits per heavy atom. The molecular formula is C14H31NO. The predicted octanol–water partition coefficient (Wildman–Crippen LogP) is 3.44. The molecule has 0 aliphatic heterocycles. The molecule has 0 heterocycles. The molecular weight excluding hydrogens is 198 g/mol. The van der Waals surface area contributed by atoms with E-state index in [1.807, 2.05) is 14.1 Å². The third kappa shape index (κ3) is 9.17. The van der Waals surface area contributed by atoms with E-state index < -0.39 is 0 Å². The van der Waals surface area contributed by atoms with Gasteiger partial charge in [-0.25, -0.2) is 0 Å². The maximum absolute atomic E-state index is 9.15. The highest BCUT2D eigenvalue weighted by atomic mass is 16.3. The summed E-state index contributed by atoms with van der Waals surface area (Å²) in [7, 11) is 4.09. The highest BCUT2D eigenvalue weighted by Gasteiger charge is 2.08. The molecule has 0 bridgehead atoms. The van der Waals surface area contributed by atoms with Crippen LogP contribution in [0, 0.1) is 0 Å². The Morgan fingerprint density at radius 2 is 1.38 bits per heavy atom. The third-order valence-electron chi connectivity index (χ3n) is 3.33. The number of nitrogens with zero attached hydrogens (tertiary/aromatic N) is 1. The van der Waals surface area contributed by atoms with Crippen molar-refractivity contribution in [2.45, 2.75) is 70.8 Å². The minimum Gasteiger partial charge on any atom is -0.395 e. The van der Waals surface area contributed by atoms with Gasteiger partial charge >= 0.3 is 0 Å². The average Bonchev–Trinajstić information content (AvgIpc) is 2.26. The van der Waals surface area contributed by atoms with Crippen molar-refractivity contribution in [3.05, 3.63) is 0 Å². The van der Waals surface area contributed by atoms with Gasteiger partial charge in [-0.15, -0.1) is 0 Å². The average molecular weight is 229 g/mol. The van der Waals surface area contributed by atoms with Crippen LogP contribution in [-0.2, 0) is 0 Å². The molecule has 0 aliphatic carbocycles. The van der Waals surface area contributed by atoms with Gasteiger partial charge in [-0.05, 0) is 20.5 Å². The van der Waals surface area contributed by atoms with Gasteiger partial charge in [0.05, 0.1) is 6.61 Å². The monoisotopic (exact) mass is 229 g/mol. The van der Waals surface area contributed by atoms with Crippen LogP contribution < -0.4 is 0 Å². The van der Waals surface area contributed by atoms with E-state index in [-0.39, 0.29) is 0 Å². The molecule has 0 aliphatic rings. The molecule has 2 nitrogen and oxygen atoms in total. The lowest BCUT2D eigenvalue weighted by atomic mass is 10.0. The van der Waals surface area contributed by atoms with Crippen molar-refractivity contribution in [2.24, 2.45) is 0 Å². The maximum Gasteiger partial charge on any atom is 0.0586 e. The van der Waals surface area contributed by atoms with Gasteiger partial charge in [0.15, 0.2) is 0 Å². The van der Waals surface area contributed by atoms with Gasteiger partial charge in [-0.2, -0.15) is 0 Å². The maximum atomic E-state index is 9.15. The second-order valence-corrected chi connectivity index (χ2v) is 5.06. The van der Waals surface area contributed by atoms with Crippen LogP contribution in [0.25, 0.3) is 0 Å². The zero-order valence-corrected chi connectivity index (χ0v) is 11.5. The first-order chi connectivity index (χ1) is 7.72. The number of aliphatic hydroxyl groups excluding tert-OH is 1. The van der Waals surface area contributed by atoms with Crippen LogP contribution in [0.3, 0.4) is 0 Å². The highest BCUT2D eigenvalue weighted by Crippen LogP contribution is 2.11. The molecule has 0 rings (SSSR count). The summed E-state index contributed by atoms with van der Waals surface area (Å²) < 4.78 is 0. The highest BCUT2D eigenvalue weighted by molar-refractivity contribution is 4.64. The van der Waals surface area contributed by atoms with Crippen LogP contribution in [0.15, 0.2) is 0 Å². The molecule has 0 radical (unpaired) electrons. The van der Waals surface area contributed by atoms with Gasteiger partial charge in [0.1, 0.15) is 0 Å². The fourth-order valence-electron chi connectivity index (χ4n) is 2.03. The molecule has 0 amide bonds. The Balaban J connectivity index is 3.19. The molecule has 0 aromatic carbocycles. The zero-order chi connectivity index (χ0) is 12.2. The van der Waals surface area contributed by atoms with Crippen molar-refractivity contribution in [3.63, 3.8) is 0 Å². The van der Waals surface area contributed by atoms with Gasteiger partial charge in [-0.3, -0.25) is 0 Å². The van der Waals surface area contributed by atoms with Crippen LogP contribution in [0.5, 0.6) is 0 Å². The Morgan fingerprint density at radius 3 is 1.81 bits per heavy atom. The number of hydrogen-bond donors (Lipinski definition) is 1. The molecule has 2 heteroatoms. The third-order valence-corrected chi connectivity index (χ3v) is 3.33. The fourth-order valence-corrected chi connectivity index (χ4v) is 2.03. The minimum atomic E-state index is 0.295. The number of aliphatic hydroxyl groups is 1. The topological polar surface area (TPSA) is 23.5 Å². The predicted molar refractivity (Wildman–Crippen MR) is 71.8 cm³/mol. The molecule has 1 N–H and O–H groups in total. The largest absolute Gasteiger partial charge is 0.395 e. The lowest BCUT2D eigenvalue weighted by Crippen LogP contribution is -2.31. The Kier molecular flexibility index (Phi) is 11.3. The molecule has 0 spiro atoms. The molecule has 0 saturated heterocycles. The number of likely N-dealkylation sites (N-methyl/N-ethyl adjacent to an activating group) is 1. The first-order valence-electron chi connectivity index (χ1n) is 6.99. The number of rotatable bonds is 11. The summed E-state index contributed by atoms with van der Waals surface area (Å²) in [4.78, 5) is 2.13. The van der Waals surface area contributed by atoms with E-state index in [4.69, 9.17) is 5.11 Å². The molecule has 16 heavy (non-hydrogen) atoms. The lowest BCUT2D eigenvalue weighted by Gasteiger charge is -2.21. The van der Waals surface area contributed by atoms with E-state index in [1.54, 1.807) is 0 Å². The van der Waals surface area contributed by atoms with E-state index >= 15 is 0 Å². The number of hydrogen-bond acceptors (Lipinski definition) is 2. The molecule has 1 unspecified atom stereocenters. The smallest absolute Gasteiger partial charge is 0.0586 e. The Hall–Kier alpha value is -0.0800. The molecule has 0 aromatic heterocycles. The second kappa shape index (κ2) is 11.4. The summed E-state index contributed by atoms with van der Waals surface area (Å²) in [6.07, 6.45) is 12.0. The molecule has 0 saturated carbocycles. The summed E-state index contributed by atoms with van der Waals surface area (Å²) in [6.45, 7) is 2.56. The molecule has 98 valence electrons. The summed E-state index contributed by atoms with van der Waals surface area (Å²) in [5, 5.41) is 9.15. The first-order valence-corrected chi connectivity index (χ1v) is 6.99. The van der Waals surface area contributed by atoms with E-state index in [9.17, 15) is 0 Å². The van der Waals surface area contributed by atoms with E-state index in [0.29, 0.717) is 12.6 Å². The normalized spacial score (nSPS) is 13.3. The standard InChI is InChI=1S/C14H31NO/c1-4-5-6-7-8-9-10-11-12-14(13-16)15(2)3/h14,16H,4-13H2,1-3H3. The summed E-state index contributed by atoms with van der Waals surface area (Å²) in [5.74, 6) is 0. The number of unbranched alkanes of at least 4 members (excludes halogenated alkanes) is 7. The van der Waals surface area contributed by atoms with Crippen molar-refractivity contribution < 1.29 is 5.11 Å². The fraction of sp³-hybridized carbons (Fsp3) is 1.00. The quantitative estimate of drug-likeness (QED) is 0.549. The van der Waals surface area contributed by atoms with E-state index in [1.165, 1.54) is 51.4 Å². The first kappa shape index (κ1) is 15.9. The molecule has 0 aromatic rings. The molecule has 1 atom stereocenters. The van der Waals surface area contributed by atoms with Crippen molar-refractivity contribution in [1.82, 2.24) is 4.90 Å². The van der Waals surface area contributed by atoms with Gasteiger partial charge < -0.3 is 10.0 Å². The van der Waals surface area contributed by atoms with E-state index in [0.717, 1.165) is 6.42 Å². The van der Waals surface area contributed by atoms with Gasteiger partial charge in [0.2, 0.25) is 0 Å². The van der Waals surface area contributed by atoms with E-state index in [2.05, 4.69) is 11.8 Å². The van der Waals surface area contributed by atoms with Crippen molar-refractivity contribution in [1.29, 1.82) is 0 Å². The second-order valence-electron chi connectivity index (χ2n) is 5.06. The van der Waals surface area contributed by atoms with Crippen LogP contribution >= 0.6 is 0 Å².